The molecule has 3 aliphatic heterocycles. The second kappa shape index (κ2) is 19.5. The third-order valence-electron chi connectivity index (χ3n) is 21.7. The first-order valence-electron chi connectivity index (χ1n) is 32.3. The second-order valence-electron chi connectivity index (χ2n) is 31.2. The van der Waals surface area contributed by atoms with E-state index in [1.807, 2.05) is 0 Å². The zero-order chi connectivity index (χ0) is 60.3. The van der Waals surface area contributed by atoms with Crippen molar-refractivity contribution in [1.29, 1.82) is 0 Å². The summed E-state index contributed by atoms with van der Waals surface area (Å²) < 4.78 is 0. The Balaban J connectivity index is 1.17. The van der Waals surface area contributed by atoms with Gasteiger partial charge >= 0.3 is 0 Å². The van der Waals surface area contributed by atoms with E-state index in [0.29, 0.717) is 0 Å². The third-order valence-corrected chi connectivity index (χ3v) is 21.7. The number of anilines is 8. The fourth-order valence-corrected chi connectivity index (χ4v) is 16.2. The monoisotopic (exact) mass is 1130 g/mol. The van der Waals surface area contributed by atoms with Gasteiger partial charge < -0.3 is 14.7 Å². The van der Waals surface area contributed by atoms with Crippen molar-refractivity contribution in [1.82, 2.24) is 0 Å². The predicted octanol–water partition coefficient (Wildman–Crippen LogP) is 20.8. The van der Waals surface area contributed by atoms with Crippen LogP contribution < -0.4 is 31.1 Å². The van der Waals surface area contributed by atoms with Crippen LogP contribution in [-0.4, -0.2) is 12.3 Å². The van der Waals surface area contributed by atoms with Crippen molar-refractivity contribution in [3.8, 4) is 33.4 Å². The van der Waals surface area contributed by atoms with E-state index in [0.717, 1.165) is 25.7 Å². The molecule has 1 saturated carbocycles. The van der Waals surface area contributed by atoms with Crippen molar-refractivity contribution >= 4 is 68.6 Å². The summed E-state index contributed by atoms with van der Waals surface area (Å²) >= 11 is 0. The molecule has 0 spiro atoms. The molecule has 5 aliphatic rings. The van der Waals surface area contributed by atoms with Gasteiger partial charge in [-0.15, -0.1) is 0 Å². The lowest BCUT2D eigenvalue weighted by molar-refractivity contribution is 0.195. The van der Waals surface area contributed by atoms with Crippen LogP contribution in [0.25, 0.3) is 33.4 Å². The average Bonchev–Trinajstić information content (AvgIpc) is 1.33. The highest BCUT2D eigenvalue weighted by molar-refractivity contribution is 7.00. The fourth-order valence-electron chi connectivity index (χ4n) is 16.2. The molecule has 2 aliphatic carbocycles. The van der Waals surface area contributed by atoms with Crippen molar-refractivity contribution in [3.63, 3.8) is 0 Å². The molecule has 0 N–H and O–H groups in total. The lowest BCUT2D eigenvalue weighted by atomic mass is 9.33. The van der Waals surface area contributed by atoms with Gasteiger partial charge in [0.25, 0.3) is 6.71 Å². The Kier molecular flexibility index (Phi) is 12.7. The minimum Gasteiger partial charge on any atom is -0.334 e. The van der Waals surface area contributed by atoms with Gasteiger partial charge in [0.1, 0.15) is 0 Å². The molecule has 0 aromatic heterocycles. The summed E-state index contributed by atoms with van der Waals surface area (Å²) in [5, 5.41) is 0. The molecule has 0 bridgehead atoms. The standard InChI is InChI=1S/C82H88BN3/c1-76(2,3)57-34-38-68(61(46-57)54-29-21-17-22-30-54)84-71-37-33-56(53-27-19-16-20-28-53)45-66(71)83-67-51-63-64(80(12,13)44-43-79(63,10)11)52-72(67)85(69-39-35-58(77(4,5)6)47-62(69)55-31-23-18-24-32-55)74-50-60(49-73(84)75(74)83)86-70-40-36-59(78(7,8)9)48-65(70)81(14)41-25-26-42-82(81,86)15/h16-24,27-40,45-52H,25-26,41-44H2,1-15H3. The molecule has 3 heterocycles. The Morgan fingerprint density at radius 3 is 1.31 bits per heavy atom. The van der Waals surface area contributed by atoms with Gasteiger partial charge in [-0.05, 0) is 186 Å². The maximum atomic E-state index is 2.86. The van der Waals surface area contributed by atoms with Gasteiger partial charge in [0.2, 0.25) is 0 Å². The highest BCUT2D eigenvalue weighted by atomic mass is 15.3. The highest BCUT2D eigenvalue weighted by Crippen LogP contribution is 2.63. The van der Waals surface area contributed by atoms with Crippen LogP contribution in [0.3, 0.4) is 0 Å². The van der Waals surface area contributed by atoms with E-state index in [1.165, 1.54) is 141 Å². The molecule has 2 unspecified atom stereocenters. The molecule has 14 rings (SSSR count). The molecule has 9 aromatic carbocycles. The Morgan fingerprint density at radius 1 is 0.349 bits per heavy atom. The van der Waals surface area contributed by atoms with Crippen LogP contribution >= 0.6 is 0 Å². The topological polar surface area (TPSA) is 9.72 Å². The molecule has 434 valence electrons. The summed E-state index contributed by atoms with van der Waals surface area (Å²) in [7, 11) is 0. The maximum absolute atomic E-state index is 2.86. The zero-order valence-corrected chi connectivity index (χ0v) is 54.1. The maximum Gasteiger partial charge on any atom is 0.252 e. The van der Waals surface area contributed by atoms with Crippen molar-refractivity contribution in [2.45, 2.75) is 180 Å². The Hall–Kier alpha value is -7.56. The van der Waals surface area contributed by atoms with Gasteiger partial charge in [-0.1, -0.05) is 243 Å². The number of hydrogen-bond donors (Lipinski definition) is 0. The van der Waals surface area contributed by atoms with Crippen LogP contribution in [0.15, 0.2) is 188 Å². The summed E-state index contributed by atoms with van der Waals surface area (Å²) in [6.45, 7) is 36.4. The lowest BCUT2D eigenvalue weighted by Crippen LogP contribution is -2.62. The molecule has 0 saturated heterocycles. The number of fused-ring (bicyclic) bond motifs is 8. The van der Waals surface area contributed by atoms with E-state index < -0.39 is 0 Å². The molecule has 4 heteroatoms. The van der Waals surface area contributed by atoms with Crippen LogP contribution in [0.4, 0.5) is 45.5 Å². The molecule has 86 heavy (non-hydrogen) atoms. The minimum absolute atomic E-state index is 0.0119. The smallest absolute Gasteiger partial charge is 0.252 e. The van der Waals surface area contributed by atoms with Crippen molar-refractivity contribution in [3.05, 3.63) is 221 Å². The van der Waals surface area contributed by atoms with Gasteiger partial charge in [0, 0.05) is 50.7 Å². The summed E-state index contributed by atoms with van der Waals surface area (Å²) in [6, 6.07) is 74.2. The zero-order valence-electron chi connectivity index (χ0n) is 54.1. The van der Waals surface area contributed by atoms with E-state index in [9.17, 15) is 0 Å². The Bertz CT molecular complexity index is 4170. The highest BCUT2D eigenvalue weighted by Gasteiger charge is 2.58. The minimum atomic E-state index is -0.203. The van der Waals surface area contributed by atoms with E-state index in [-0.39, 0.29) is 44.7 Å². The van der Waals surface area contributed by atoms with Crippen molar-refractivity contribution in [2.24, 2.45) is 0 Å². The van der Waals surface area contributed by atoms with Crippen LogP contribution in [-0.2, 0) is 32.5 Å². The normalized spacial score (nSPS) is 19.9. The molecule has 3 nitrogen and oxygen atoms in total. The Labute approximate surface area is 515 Å². The summed E-state index contributed by atoms with van der Waals surface area (Å²) in [4.78, 5) is 8.35. The summed E-state index contributed by atoms with van der Waals surface area (Å²) in [6.07, 6.45) is 6.96. The number of hydrogen-bond acceptors (Lipinski definition) is 3. The third kappa shape index (κ3) is 8.72. The first-order chi connectivity index (χ1) is 40.8. The first-order valence-corrected chi connectivity index (χ1v) is 32.3. The van der Waals surface area contributed by atoms with Gasteiger partial charge in [-0.2, -0.15) is 0 Å². The van der Waals surface area contributed by atoms with Crippen molar-refractivity contribution in [2.75, 3.05) is 14.7 Å². The second-order valence-corrected chi connectivity index (χ2v) is 31.2. The molecular formula is C82H88BN3. The lowest BCUT2D eigenvalue weighted by Gasteiger charge is -2.51. The van der Waals surface area contributed by atoms with Gasteiger partial charge in [0.15, 0.2) is 0 Å². The molecular weight excluding hydrogens is 1040 g/mol. The van der Waals surface area contributed by atoms with E-state index in [4.69, 9.17) is 0 Å². The largest absolute Gasteiger partial charge is 0.334 e. The number of benzene rings is 9. The number of nitrogens with zero attached hydrogens (tertiary/aromatic N) is 3. The molecule has 0 amide bonds. The molecule has 0 radical (unpaired) electrons. The molecule has 2 atom stereocenters. The van der Waals surface area contributed by atoms with E-state index in [2.05, 4.69) is 307 Å². The average molecular weight is 1130 g/mol. The predicted molar refractivity (Wildman–Crippen MR) is 371 cm³/mol. The summed E-state index contributed by atoms with van der Waals surface area (Å²) in [5.74, 6) is 0. The van der Waals surface area contributed by atoms with Crippen LogP contribution in [0, 0.1) is 0 Å². The van der Waals surface area contributed by atoms with Gasteiger partial charge in [-0.3, -0.25) is 0 Å². The first kappa shape index (κ1) is 56.3. The van der Waals surface area contributed by atoms with Crippen LogP contribution in [0.1, 0.15) is 176 Å². The van der Waals surface area contributed by atoms with Crippen molar-refractivity contribution < 1.29 is 0 Å². The Morgan fingerprint density at radius 2 is 0.791 bits per heavy atom. The molecule has 1 fully saturated rings. The fraction of sp³-hybridized carbons (Fsp3) is 0.341. The summed E-state index contributed by atoms with van der Waals surface area (Å²) in [5.41, 5.74) is 29.5. The van der Waals surface area contributed by atoms with Gasteiger partial charge in [-0.25, -0.2) is 0 Å². The van der Waals surface area contributed by atoms with Gasteiger partial charge in [0.05, 0.1) is 16.9 Å². The molecule has 9 aromatic rings. The van der Waals surface area contributed by atoms with Crippen LogP contribution in [0.5, 0.6) is 0 Å². The van der Waals surface area contributed by atoms with Crippen LogP contribution in [0.2, 0.25) is 0 Å². The van der Waals surface area contributed by atoms with E-state index >= 15 is 0 Å². The number of rotatable bonds is 6. The quantitative estimate of drug-likeness (QED) is 0.154. The SMILES string of the molecule is CC(C)(C)c1ccc(N2c3ccc(-c4ccccc4)cc3B3c4cc5c(cc4N(c4ccc(C(C)(C)C)cc4-c4ccccc4)c4cc(N6c7ccc(C(C)(C)C)cc7C7(C)CCCCC67C)cc2c43)C(C)(C)CCC5(C)C)c(-c2ccccc2)c1. The van der Waals surface area contributed by atoms with E-state index in [1.54, 1.807) is 0 Å².